The Labute approximate surface area is 94.5 Å². The van der Waals surface area contributed by atoms with Crippen LogP contribution in [0.4, 0.5) is 0 Å². The van der Waals surface area contributed by atoms with E-state index in [1.54, 1.807) is 6.20 Å². The van der Waals surface area contributed by atoms with Gasteiger partial charge >= 0.3 is 0 Å². The third-order valence-corrected chi connectivity index (χ3v) is 1.39. The van der Waals surface area contributed by atoms with E-state index >= 15 is 0 Å². The third-order valence-electron chi connectivity index (χ3n) is 1.39. The van der Waals surface area contributed by atoms with Gasteiger partial charge in [-0.05, 0) is 12.1 Å². The van der Waals surface area contributed by atoms with Gasteiger partial charge in [0.1, 0.15) is 0 Å². The first-order valence-corrected chi connectivity index (χ1v) is 3.74. The predicted molar refractivity (Wildman–Crippen MR) is 64.0 cm³/mol. The van der Waals surface area contributed by atoms with E-state index in [9.17, 15) is 0 Å². The molecule has 1 aromatic heterocycles. The standard InChI is InChI=1S/C8H12N4.HI/c9-8(10)12-6-4-7-3-1-2-5-11-7;/h1-3,5H,4,6H2,(H4,9,10,12);1H. The molecule has 1 aromatic rings. The molecule has 0 atom stereocenters. The van der Waals surface area contributed by atoms with Crippen LogP contribution in [0, 0.1) is 0 Å². The molecule has 0 radical (unpaired) electrons. The summed E-state index contributed by atoms with van der Waals surface area (Å²) in [7, 11) is 0. The fraction of sp³-hybridized carbons (Fsp3) is 0.250. The fourth-order valence-electron chi connectivity index (χ4n) is 0.846. The summed E-state index contributed by atoms with van der Waals surface area (Å²) >= 11 is 0. The van der Waals surface area contributed by atoms with E-state index < -0.39 is 0 Å². The van der Waals surface area contributed by atoms with E-state index in [-0.39, 0.29) is 29.9 Å². The molecule has 0 unspecified atom stereocenters. The van der Waals surface area contributed by atoms with Crippen molar-refractivity contribution in [3.63, 3.8) is 0 Å². The first kappa shape index (κ1) is 12.2. The van der Waals surface area contributed by atoms with Gasteiger partial charge in [-0.2, -0.15) is 0 Å². The molecule has 1 heterocycles. The average molecular weight is 292 g/mol. The maximum atomic E-state index is 5.16. The summed E-state index contributed by atoms with van der Waals surface area (Å²) in [4.78, 5) is 7.98. The van der Waals surface area contributed by atoms with Crippen LogP contribution in [0.5, 0.6) is 0 Å². The van der Waals surface area contributed by atoms with Crippen molar-refractivity contribution in [3.05, 3.63) is 30.1 Å². The normalized spacial score (nSPS) is 8.62. The SMILES string of the molecule is I.NC(N)=NCCc1ccccn1. The molecular weight excluding hydrogens is 279 g/mol. The summed E-state index contributed by atoms with van der Waals surface area (Å²) in [6.07, 6.45) is 2.53. The second-order valence-corrected chi connectivity index (χ2v) is 2.38. The van der Waals surface area contributed by atoms with Gasteiger partial charge in [-0.1, -0.05) is 6.07 Å². The second-order valence-electron chi connectivity index (χ2n) is 2.38. The van der Waals surface area contributed by atoms with Crippen LogP contribution in [0.25, 0.3) is 0 Å². The molecule has 13 heavy (non-hydrogen) atoms. The van der Waals surface area contributed by atoms with Crippen LogP contribution in [-0.2, 0) is 6.42 Å². The van der Waals surface area contributed by atoms with Crippen molar-refractivity contribution >= 4 is 29.9 Å². The number of pyridine rings is 1. The lowest BCUT2D eigenvalue weighted by Gasteiger charge is -1.95. The van der Waals surface area contributed by atoms with Crippen LogP contribution in [-0.4, -0.2) is 17.5 Å². The van der Waals surface area contributed by atoms with E-state index in [4.69, 9.17) is 11.5 Å². The first-order valence-electron chi connectivity index (χ1n) is 3.74. The summed E-state index contributed by atoms with van der Waals surface area (Å²) in [6.45, 7) is 0.597. The average Bonchev–Trinajstić information content (AvgIpc) is 2.05. The van der Waals surface area contributed by atoms with Crippen molar-refractivity contribution in [3.8, 4) is 0 Å². The number of aliphatic imine (C=N–C) groups is 1. The van der Waals surface area contributed by atoms with Crippen molar-refractivity contribution in [2.75, 3.05) is 6.54 Å². The monoisotopic (exact) mass is 292 g/mol. The highest BCUT2D eigenvalue weighted by Crippen LogP contribution is 1.93. The van der Waals surface area contributed by atoms with Crippen LogP contribution in [0.3, 0.4) is 0 Å². The highest BCUT2D eigenvalue weighted by molar-refractivity contribution is 14.0. The number of guanidine groups is 1. The number of nitrogens with zero attached hydrogens (tertiary/aromatic N) is 2. The second kappa shape index (κ2) is 6.64. The third kappa shape index (κ3) is 5.40. The fourth-order valence-corrected chi connectivity index (χ4v) is 0.846. The Balaban J connectivity index is 0.00000144. The van der Waals surface area contributed by atoms with E-state index in [0.717, 1.165) is 12.1 Å². The Kier molecular flexibility index (Phi) is 6.21. The lowest BCUT2D eigenvalue weighted by atomic mass is 10.3. The molecule has 0 spiro atoms. The predicted octanol–water partition coefficient (Wildman–Crippen LogP) is 0.515. The first-order chi connectivity index (χ1) is 5.79. The van der Waals surface area contributed by atoms with E-state index in [0.29, 0.717) is 6.54 Å². The van der Waals surface area contributed by atoms with Gasteiger partial charge in [0.05, 0.1) is 0 Å². The Morgan fingerprint density at radius 1 is 1.38 bits per heavy atom. The number of hydrogen-bond donors (Lipinski definition) is 2. The summed E-state index contributed by atoms with van der Waals surface area (Å²) in [5.74, 6) is 0.130. The van der Waals surface area contributed by atoms with Crippen LogP contribution in [0.2, 0.25) is 0 Å². The molecule has 5 heteroatoms. The molecule has 0 saturated heterocycles. The maximum absolute atomic E-state index is 5.16. The lowest BCUT2D eigenvalue weighted by Crippen LogP contribution is -2.23. The van der Waals surface area contributed by atoms with E-state index in [1.165, 1.54) is 0 Å². The summed E-state index contributed by atoms with van der Waals surface area (Å²) in [5.41, 5.74) is 11.3. The van der Waals surface area contributed by atoms with Gasteiger partial charge in [-0.25, -0.2) is 0 Å². The Bertz CT molecular complexity index is 256. The minimum absolute atomic E-state index is 0. The van der Waals surface area contributed by atoms with Gasteiger partial charge in [-0.15, -0.1) is 24.0 Å². The van der Waals surface area contributed by atoms with Crippen LogP contribution in [0.15, 0.2) is 29.4 Å². The van der Waals surface area contributed by atoms with E-state index in [1.807, 2.05) is 18.2 Å². The van der Waals surface area contributed by atoms with Crippen molar-refractivity contribution in [1.29, 1.82) is 0 Å². The molecule has 0 saturated carbocycles. The van der Waals surface area contributed by atoms with Crippen molar-refractivity contribution in [2.45, 2.75) is 6.42 Å². The molecule has 0 bridgehead atoms. The van der Waals surface area contributed by atoms with Gasteiger partial charge in [0.25, 0.3) is 0 Å². The van der Waals surface area contributed by atoms with Gasteiger partial charge in [-0.3, -0.25) is 9.98 Å². The zero-order valence-corrected chi connectivity index (χ0v) is 9.51. The molecule has 4 N–H and O–H groups in total. The zero-order valence-electron chi connectivity index (χ0n) is 7.18. The number of halogens is 1. The smallest absolute Gasteiger partial charge is 0.185 e. The lowest BCUT2D eigenvalue weighted by molar-refractivity contribution is 0.919. The topological polar surface area (TPSA) is 77.3 Å². The molecule has 0 amide bonds. The molecule has 0 aliphatic rings. The molecule has 4 nitrogen and oxygen atoms in total. The Morgan fingerprint density at radius 2 is 2.15 bits per heavy atom. The van der Waals surface area contributed by atoms with Crippen molar-refractivity contribution in [1.82, 2.24) is 4.98 Å². The van der Waals surface area contributed by atoms with Gasteiger partial charge in [0.2, 0.25) is 0 Å². The molecule has 0 aromatic carbocycles. The van der Waals surface area contributed by atoms with Crippen molar-refractivity contribution < 1.29 is 0 Å². The summed E-state index contributed by atoms with van der Waals surface area (Å²) < 4.78 is 0. The largest absolute Gasteiger partial charge is 0.370 e. The summed E-state index contributed by atoms with van der Waals surface area (Å²) in [5, 5.41) is 0. The van der Waals surface area contributed by atoms with Crippen molar-refractivity contribution in [2.24, 2.45) is 16.5 Å². The molecule has 1 rings (SSSR count). The van der Waals surface area contributed by atoms with Gasteiger partial charge in [0.15, 0.2) is 5.96 Å². The Morgan fingerprint density at radius 3 is 2.69 bits per heavy atom. The van der Waals surface area contributed by atoms with Gasteiger partial charge in [0, 0.05) is 24.9 Å². The zero-order chi connectivity index (χ0) is 8.81. The summed E-state index contributed by atoms with van der Waals surface area (Å²) in [6, 6.07) is 5.77. The van der Waals surface area contributed by atoms with E-state index in [2.05, 4.69) is 9.98 Å². The molecule has 0 aliphatic carbocycles. The number of nitrogens with two attached hydrogens (primary N) is 2. The highest BCUT2D eigenvalue weighted by Gasteiger charge is 1.90. The molecular formula is C8H13IN4. The van der Waals surface area contributed by atoms with Crippen LogP contribution >= 0.6 is 24.0 Å². The maximum Gasteiger partial charge on any atom is 0.185 e. The van der Waals surface area contributed by atoms with Gasteiger partial charge < -0.3 is 11.5 Å². The number of hydrogen-bond acceptors (Lipinski definition) is 2. The number of aromatic nitrogens is 1. The number of rotatable bonds is 3. The molecule has 72 valence electrons. The Hall–Kier alpha value is -0.850. The van der Waals surface area contributed by atoms with Crippen LogP contribution in [0.1, 0.15) is 5.69 Å². The highest BCUT2D eigenvalue weighted by atomic mass is 127. The quantitative estimate of drug-likeness (QED) is 0.484. The minimum atomic E-state index is 0. The van der Waals surface area contributed by atoms with Crippen LogP contribution < -0.4 is 11.5 Å². The molecule has 0 fully saturated rings. The molecule has 0 aliphatic heterocycles. The minimum Gasteiger partial charge on any atom is -0.370 e.